The van der Waals surface area contributed by atoms with Crippen LogP contribution in [0.5, 0.6) is 11.5 Å². The monoisotopic (exact) mass is 456 g/mol. The lowest BCUT2D eigenvalue weighted by molar-refractivity contribution is -0.131. The maximum absolute atomic E-state index is 13.1. The number of benzene rings is 1. The Kier molecular flexibility index (Phi) is 8.34. The molecule has 1 aliphatic carbocycles. The van der Waals surface area contributed by atoms with Gasteiger partial charge in [0.1, 0.15) is 17.3 Å². The van der Waals surface area contributed by atoms with Crippen molar-refractivity contribution in [1.82, 2.24) is 0 Å². The molecule has 0 radical (unpaired) electrons. The van der Waals surface area contributed by atoms with Crippen molar-refractivity contribution in [2.24, 2.45) is 10.8 Å². The number of ketones is 2. The number of hydrogen-bond donors (Lipinski definition) is 2. The first-order valence-corrected chi connectivity index (χ1v) is 11.7. The zero-order chi connectivity index (χ0) is 25.0. The third-order valence-corrected chi connectivity index (χ3v) is 7.20. The second-order valence-electron chi connectivity index (χ2n) is 10.7. The normalized spacial score (nSPS) is 23.8. The van der Waals surface area contributed by atoms with Crippen LogP contribution in [0.4, 0.5) is 0 Å². The molecule has 33 heavy (non-hydrogen) atoms. The molecular weight excluding hydrogens is 416 g/mol. The Morgan fingerprint density at radius 1 is 1.21 bits per heavy atom. The Hall–Kier alpha value is -2.40. The molecule has 1 aliphatic rings. The fourth-order valence-corrected chi connectivity index (χ4v) is 5.01. The first-order chi connectivity index (χ1) is 15.2. The molecule has 0 heterocycles. The van der Waals surface area contributed by atoms with Gasteiger partial charge in [0.25, 0.3) is 0 Å². The number of hydrogen-bond acceptors (Lipinski definition) is 5. The zero-order valence-electron chi connectivity index (χ0n) is 21.2. The van der Waals surface area contributed by atoms with Gasteiger partial charge in [-0.2, -0.15) is 0 Å². The summed E-state index contributed by atoms with van der Waals surface area (Å²) in [6, 6.07) is 3.36. The first-order valence-electron chi connectivity index (χ1n) is 11.7. The highest BCUT2D eigenvalue weighted by Gasteiger charge is 2.52. The highest BCUT2D eigenvalue weighted by atomic mass is 16.5. The van der Waals surface area contributed by atoms with Crippen molar-refractivity contribution >= 4 is 11.6 Å². The summed E-state index contributed by atoms with van der Waals surface area (Å²) in [6.45, 7) is 11.1. The van der Waals surface area contributed by atoms with Gasteiger partial charge >= 0.3 is 0 Å². The van der Waals surface area contributed by atoms with Gasteiger partial charge in [-0.05, 0) is 76.1 Å². The lowest BCUT2D eigenvalue weighted by Crippen LogP contribution is -2.40. The third-order valence-electron chi connectivity index (χ3n) is 7.20. The van der Waals surface area contributed by atoms with Gasteiger partial charge in [-0.25, -0.2) is 0 Å². The van der Waals surface area contributed by atoms with E-state index in [1.165, 1.54) is 12.2 Å². The van der Waals surface area contributed by atoms with Gasteiger partial charge < -0.3 is 14.9 Å². The van der Waals surface area contributed by atoms with E-state index in [4.69, 9.17) is 4.74 Å². The highest BCUT2D eigenvalue weighted by Crippen LogP contribution is 2.55. The quantitative estimate of drug-likeness (QED) is 0.352. The summed E-state index contributed by atoms with van der Waals surface area (Å²) in [6.07, 6.45) is 8.76. The van der Waals surface area contributed by atoms with Gasteiger partial charge in [-0.15, -0.1) is 0 Å². The van der Waals surface area contributed by atoms with Crippen LogP contribution in [0.3, 0.4) is 0 Å². The maximum atomic E-state index is 13.1. The molecule has 1 saturated carbocycles. The van der Waals surface area contributed by atoms with Crippen LogP contribution >= 0.6 is 0 Å². The summed E-state index contributed by atoms with van der Waals surface area (Å²) in [5.41, 5.74) is 0.633. The second kappa shape index (κ2) is 10.3. The van der Waals surface area contributed by atoms with Crippen LogP contribution in [0, 0.1) is 17.8 Å². The summed E-state index contributed by atoms with van der Waals surface area (Å²) < 4.78 is 5.47. The van der Waals surface area contributed by atoms with Gasteiger partial charge in [0.15, 0.2) is 5.78 Å². The molecule has 2 N–H and O–H groups in total. The first kappa shape index (κ1) is 26.8. The standard InChI is InChI=1S/C28H40O5/c1-19(9-10-21-17-22(29)16-20(2)25(21)33-7)15-23(30)18-27(5)12-8-13-28(27,6)24(31)11-14-26(3,4)32/h9,11,14,16-17,29,32H,8,10,12-13,15,18H2,1-7H3/b14-11+,19-9+/t27-,28+/m1/s1. The van der Waals surface area contributed by atoms with Crippen molar-refractivity contribution in [2.75, 3.05) is 7.11 Å². The molecule has 2 rings (SSSR count). The van der Waals surface area contributed by atoms with Crippen LogP contribution in [0.2, 0.25) is 0 Å². The Bertz CT molecular complexity index is 950. The number of allylic oxidation sites excluding steroid dienone is 3. The van der Waals surface area contributed by atoms with E-state index in [2.05, 4.69) is 0 Å². The van der Waals surface area contributed by atoms with Gasteiger partial charge in [0.05, 0.1) is 12.7 Å². The van der Waals surface area contributed by atoms with Gasteiger partial charge in [-0.3, -0.25) is 9.59 Å². The van der Waals surface area contributed by atoms with Crippen LogP contribution in [0.15, 0.2) is 35.9 Å². The number of aryl methyl sites for hydroxylation is 1. The van der Waals surface area contributed by atoms with E-state index in [9.17, 15) is 19.8 Å². The van der Waals surface area contributed by atoms with Crippen LogP contribution in [-0.4, -0.2) is 34.5 Å². The van der Waals surface area contributed by atoms with E-state index >= 15 is 0 Å². The molecule has 0 amide bonds. The van der Waals surface area contributed by atoms with E-state index in [-0.39, 0.29) is 17.3 Å². The molecule has 0 unspecified atom stereocenters. The second-order valence-corrected chi connectivity index (χ2v) is 10.7. The third kappa shape index (κ3) is 6.57. The maximum Gasteiger partial charge on any atom is 0.161 e. The molecule has 0 aliphatic heterocycles. The summed E-state index contributed by atoms with van der Waals surface area (Å²) in [5, 5.41) is 19.9. The average molecular weight is 457 g/mol. The minimum absolute atomic E-state index is 0.0176. The molecule has 0 bridgehead atoms. The largest absolute Gasteiger partial charge is 0.508 e. The Labute approximate surface area is 198 Å². The minimum atomic E-state index is -1.05. The number of ether oxygens (including phenoxy) is 1. The van der Waals surface area contributed by atoms with Crippen molar-refractivity contribution < 1.29 is 24.5 Å². The summed E-state index contributed by atoms with van der Waals surface area (Å²) >= 11 is 0. The molecule has 0 spiro atoms. The molecule has 0 saturated heterocycles. The molecule has 5 heteroatoms. The number of Topliss-reactive ketones (excluding diaryl/α,β-unsaturated/α-hetero) is 1. The SMILES string of the molecule is COc1c(C)cc(O)cc1C/C=C(\C)CC(=O)C[C@@]1(C)CCC[C@@]1(C)C(=O)/C=C/C(C)(C)O. The molecule has 2 atom stereocenters. The van der Waals surface area contributed by atoms with Crippen molar-refractivity contribution in [2.45, 2.75) is 85.7 Å². The van der Waals surface area contributed by atoms with Crippen LogP contribution < -0.4 is 4.74 Å². The predicted octanol–water partition coefficient (Wildman–Crippen LogP) is 5.64. The number of aromatic hydroxyl groups is 1. The van der Waals surface area contributed by atoms with Crippen molar-refractivity contribution in [3.63, 3.8) is 0 Å². The fraction of sp³-hybridized carbons (Fsp3) is 0.571. The smallest absolute Gasteiger partial charge is 0.161 e. The van der Waals surface area contributed by atoms with Crippen molar-refractivity contribution in [3.8, 4) is 11.5 Å². The number of rotatable bonds is 10. The zero-order valence-corrected chi connectivity index (χ0v) is 21.2. The van der Waals surface area contributed by atoms with E-state index in [1.807, 2.05) is 33.8 Å². The van der Waals surface area contributed by atoms with Crippen molar-refractivity contribution in [1.29, 1.82) is 0 Å². The van der Waals surface area contributed by atoms with E-state index in [1.54, 1.807) is 33.1 Å². The van der Waals surface area contributed by atoms with E-state index < -0.39 is 16.4 Å². The molecule has 1 aromatic carbocycles. The van der Waals surface area contributed by atoms with Gasteiger partial charge in [0.2, 0.25) is 0 Å². The number of phenolic OH excluding ortho intramolecular Hbond substituents is 1. The molecule has 5 nitrogen and oxygen atoms in total. The molecular formula is C28H40O5. The average Bonchev–Trinajstić information content (AvgIpc) is 2.98. The van der Waals surface area contributed by atoms with Crippen molar-refractivity contribution in [3.05, 3.63) is 47.1 Å². The van der Waals surface area contributed by atoms with Crippen LogP contribution in [-0.2, 0) is 16.0 Å². The van der Waals surface area contributed by atoms with Crippen LogP contribution in [0.25, 0.3) is 0 Å². The van der Waals surface area contributed by atoms with Gasteiger partial charge in [-0.1, -0.05) is 38.0 Å². The number of methoxy groups -OCH3 is 1. The van der Waals surface area contributed by atoms with E-state index in [0.29, 0.717) is 19.3 Å². The minimum Gasteiger partial charge on any atom is -0.508 e. The molecule has 182 valence electrons. The molecule has 1 aromatic rings. The topological polar surface area (TPSA) is 83.8 Å². The summed E-state index contributed by atoms with van der Waals surface area (Å²) in [7, 11) is 1.61. The molecule has 0 aromatic heterocycles. The molecule has 1 fully saturated rings. The number of carbonyl (C=O) groups excluding carboxylic acids is 2. The van der Waals surface area contributed by atoms with Crippen LogP contribution in [0.1, 0.15) is 77.8 Å². The Morgan fingerprint density at radius 2 is 1.88 bits per heavy atom. The number of phenols is 1. The van der Waals surface area contributed by atoms with E-state index in [0.717, 1.165) is 41.7 Å². The van der Waals surface area contributed by atoms with Gasteiger partial charge in [0, 0.05) is 23.8 Å². The lowest BCUT2D eigenvalue weighted by Gasteiger charge is -2.39. The Balaban J connectivity index is 2.10. The number of aliphatic hydroxyl groups is 1. The highest BCUT2D eigenvalue weighted by molar-refractivity contribution is 5.96. The summed E-state index contributed by atoms with van der Waals surface area (Å²) in [4.78, 5) is 26.1. The Morgan fingerprint density at radius 3 is 2.48 bits per heavy atom. The lowest BCUT2D eigenvalue weighted by atomic mass is 9.63. The number of carbonyl (C=O) groups is 2. The summed E-state index contributed by atoms with van der Waals surface area (Å²) in [5.74, 6) is 1.05. The fourth-order valence-electron chi connectivity index (χ4n) is 5.01. The predicted molar refractivity (Wildman–Crippen MR) is 132 cm³/mol.